The van der Waals surface area contributed by atoms with Gasteiger partial charge in [0.25, 0.3) is 0 Å². The summed E-state index contributed by atoms with van der Waals surface area (Å²) in [6.45, 7) is 8.95. The fourth-order valence-electron chi connectivity index (χ4n) is 1.66. The number of hydrogen-bond acceptors (Lipinski definition) is 2. The third-order valence-corrected chi connectivity index (χ3v) is 2.66. The lowest BCUT2D eigenvalue weighted by Crippen LogP contribution is -2.38. The van der Waals surface area contributed by atoms with E-state index in [9.17, 15) is 0 Å². The van der Waals surface area contributed by atoms with E-state index in [1.165, 1.54) is 11.1 Å². The van der Waals surface area contributed by atoms with E-state index in [1.807, 2.05) is 12.4 Å². The molecule has 2 N–H and O–H groups in total. The van der Waals surface area contributed by atoms with Gasteiger partial charge in [-0.05, 0) is 43.9 Å². The minimum atomic E-state index is 0. The van der Waals surface area contributed by atoms with Crippen molar-refractivity contribution in [3.8, 4) is 0 Å². The lowest BCUT2D eigenvalue weighted by atomic mass is 10.1. The number of aryl methyl sites for hydroxylation is 1. The molecule has 5 heteroatoms. The minimum absolute atomic E-state index is 0. The number of nitrogens with one attached hydrogen (secondary N) is 2. The molecule has 0 fully saturated rings. The van der Waals surface area contributed by atoms with Crippen LogP contribution in [0.15, 0.2) is 23.5 Å². The Bertz CT molecular complexity index is 379. The van der Waals surface area contributed by atoms with Gasteiger partial charge < -0.3 is 10.6 Å². The van der Waals surface area contributed by atoms with Gasteiger partial charge in [-0.1, -0.05) is 6.92 Å². The van der Waals surface area contributed by atoms with E-state index in [2.05, 4.69) is 47.4 Å². The Morgan fingerprint density at radius 2 is 2.11 bits per heavy atom. The molecule has 1 heterocycles. The summed E-state index contributed by atoms with van der Waals surface area (Å²) in [5.74, 6) is 0.908. The quantitative estimate of drug-likeness (QED) is 0.456. The van der Waals surface area contributed by atoms with Crippen LogP contribution in [0.3, 0.4) is 0 Å². The van der Waals surface area contributed by atoms with E-state index in [0.717, 1.165) is 38.4 Å². The van der Waals surface area contributed by atoms with Crippen LogP contribution in [0.1, 0.15) is 31.4 Å². The van der Waals surface area contributed by atoms with Gasteiger partial charge in [0.2, 0.25) is 0 Å². The van der Waals surface area contributed by atoms with Gasteiger partial charge in [-0.2, -0.15) is 0 Å². The molecule has 0 atom stereocenters. The number of aliphatic imine (C=N–C) groups is 1. The Kier molecular flexibility index (Phi) is 10.5. The zero-order chi connectivity index (χ0) is 13.2. The zero-order valence-corrected chi connectivity index (χ0v) is 14.4. The van der Waals surface area contributed by atoms with Crippen LogP contribution in [0.2, 0.25) is 0 Å². The molecule has 0 saturated carbocycles. The van der Waals surface area contributed by atoms with E-state index in [-0.39, 0.29) is 24.0 Å². The van der Waals surface area contributed by atoms with Gasteiger partial charge in [0.05, 0.1) is 0 Å². The molecular weight excluding hydrogens is 351 g/mol. The Morgan fingerprint density at radius 1 is 1.32 bits per heavy atom. The maximum absolute atomic E-state index is 4.47. The summed E-state index contributed by atoms with van der Waals surface area (Å²) in [7, 11) is 0. The zero-order valence-electron chi connectivity index (χ0n) is 12.1. The van der Waals surface area contributed by atoms with Crippen LogP contribution in [0, 0.1) is 6.92 Å². The summed E-state index contributed by atoms with van der Waals surface area (Å²) in [5, 5.41) is 6.59. The van der Waals surface area contributed by atoms with Crippen LogP contribution in [-0.4, -0.2) is 30.6 Å². The van der Waals surface area contributed by atoms with E-state index in [4.69, 9.17) is 0 Å². The normalized spacial score (nSPS) is 10.8. The Labute approximate surface area is 133 Å². The lowest BCUT2D eigenvalue weighted by molar-refractivity contribution is 0.790. The summed E-state index contributed by atoms with van der Waals surface area (Å²) < 4.78 is 0. The molecule has 0 aromatic carbocycles. The third kappa shape index (κ3) is 7.34. The number of guanidine groups is 1. The smallest absolute Gasteiger partial charge is 0.191 e. The van der Waals surface area contributed by atoms with E-state index >= 15 is 0 Å². The fourth-order valence-corrected chi connectivity index (χ4v) is 1.66. The van der Waals surface area contributed by atoms with Gasteiger partial charge in [0.1, 0.15) is 0 Å². The second kappa shape index (κ2) is 11.0. The molecule has 0 aliphatic carbocycles. The molecule has 1 aromatic rings. The highest BCUT2D eigenvalue weighted by molar-refractivity contribution is 14.0. The van der Waals surface area contributed by atoms with Crippen molar-refractivity contribution in [2.24, 2.45) is 4.99 Å². The van der Waals surface area contributed by atoms with Gasteiger partial charge in [-0.25, -0.2) is 0 Å². The maximum atomic E-state index is 4.47. The van der Waals surface area contributed by atoms with Crippen molar-refractivity contribution in [2.45, 2.75) is 33.6 Å². The number of halogens is 1. The summed E-state index contributed by atoms with van der Waals surface area (Å²) in [6.07, 6.45) is 5.81. The molecule has 4 nitrogen and oxygen atoms in total. The molecule has 0 aliphatic rings. The van der Waals surface area contributed by atoms with E-state index in [0.29, 0.717) is 0 Å². The highest BCUT2D eigenvalue weighted by atomic mass is 127. The Hall–Kier alpha value is -0.850. The molecule has 0 saturated heterocycles. The van der Waals surface area contributed by atoms with Crippen LogP contribution >= 0.6 is 24.0 Å². The second-order valence-corrected chi connectivity index (χ2v) is 4.24. The first-order valence-corrected chi connectivity index (χ1v) is 6.69. The maximum Gasteiger partial charge on any atom is 0.191 e. The molecule has 0 radical (unpaired) electrons. The number of nitrogens with zero attached hydrogens (tertiary/aromatic N) is 2. The minimum Gasteiger partial charge on any atom is -0.357 e. The Balaban J connectivity index is 0.00000324. The predicted octanol–water partition coefficient (Wildman–Crippen LogP) is 2.52. The average molecular weight is 376 g/mol. The second-order valence-electron chi connectivity index (χ2n) is 4.24. The molecule has 0 aliphatic heterocycles. The first-order valence-electron chi connectivity index (χ1n) is 6.69. The lowest BCUT2D eigenvalue weighted by Gasteiger charge is -2.11. The predicted molar refractivity (Wildman–Crippen MR) is 92.4 cm³/mol. The van der Waals surface area contributed by atoms with Crippen molar-refractivity contribution in [1.82, 2.24) is 15.6 Å². The summed E-state index contributed by atoms with van der Waals surface area (Å²) in [5.41, 5.74) is 2.58. The van der Waals surface area contributed by atoms with Gasteiger partial charge in [0.15, 0.2) is 5.96 Å². The molecule has 0 unspecified atom stereocenters. The van der Waals surface area contributed by atoms with Gasteiger partial charge in [0, 0.05) is 32.0 Å². The Morgan fingerprint density at radius 3 is 2.74 bits per heavy atom. The van der Waals surface area contributed by atoms with Crippen molar-refractivity contribution in [3.63, 3.8) is 0 Å². The van der Waals surface area contributed by atoms with Crippen LogP contribution in [0.25, 0.3) is 0 Å². The number of hydrogen-bond donors (Lipinski definition) is 2. The molecule has 108 valence electrons. The third-order valence-electron chi connectivity index (χ3n) is 2.66. The SMILES string of the molecule is CCCN=C(NCC)NCCc1ccncc1C.I. The topological polar surface area (TPSA) is 49.3 Å². The van der Waals surface area contributed by atoms with Crippen molar-refractivity contribution in [2.75, 3.05) is 19.6 Å². The first-order chi connectivity index (χ1) is 8.77. The molecule has 1 rings (SSSR count). The largest absolute Gasteiger partial charge is 0.357 e. The summed E-state index contributed by atoms with van der Waals surface area (Å²) in [6, 6.07) is 2.08. The van der Waals surface area contributed by atoms with Crippen molar-refractivity contribution in [1.29, 1.82) is 0 Å². The molecule has 1 aromatic heterocycles. The fraction of sp³-hybridized carbons (Fsp3) is 0.571. The monoisotopic (exact) mass is 376 g/mol. The molecule has 0 amide bonds. The van der Waals surface area contributed by atoms with Gasteiger partial charge in [-0.15, -0.1) is 24.0 Å². The van der Waals surface area contributed by atoms with E-state index < -0.39 is 0 Å². The van der Waals surface area contributed by atoms with Crippen molar-refractivity contribution >= 4 is 29.9 Å². The van der Waals surface area contributed by atoms with Crippen LogP contribution < -0.4 is 10.6 Å². The average Bonchev–Trinajstić information content (AvgIpc) is 2.38. The number of pyridine rings is 1. The van der Waals surface area contributed by atoms with Gasteiger partial charge >= 0.3 is 0 Å². The van der Waals surface area contributed by atoms with Crippen LogP contribution in [-0.2, 0) is 6.42 Å². The molecule has 0 bridgehead atoms. The van der Waals surface area contributed by atoms with Crippen molar-refractivity contribution in [3.05, 3.63) is 29.6 Å². The first kappa shape index (κ1) is 18.1. The van der Waals surface area contributed by atoms with Gasteiger partial charge in [-0.3, -0.25) is 9.98 Å². The number of aromatic nitrogens is 1. The van der Waals surface area contributed by atoms with Crippen LogP contribution in [0.5, 0.6) is 0 Å². The molecule has 0 spiro atoms. The number of rotatable bonds is 6. The summed E-state index contributed by atoms with van der Waals surface area (Å²) in [4.78, 5) is 8.57. The highest BCUT2D eigenvalue weighted by Gasteiger charge is 1.99. The molecule has 19 heavy (non-hydrogen) atoms. The molecular formula is C14H25IN4. The van der Waals surface area contributed by atoms with Crippen LogP contribution in [0.4, 0.5) is 0 Å². The van der Waals surface area contributed by atoms with E-state index in [1.54, 1.807) is 0 Å². The highest BCUT2D eigenvalue weighted by Crippen LogP contribution is 2.04. The standard InChI is InChI=1S/C14H24N4.HI/c1-4-8-17-14(16-5-2)18-10-7-13-6-9-15-11-12(13)3;/h6,9,11H,4-5,7-8,10H2,1-3H3,(H2,16,17,18);1H. The summed E-state index contributed by atoms with van der Waals surface area (Å²) >= 11 is 0. The van der Waals surface area contributed by atoms with Crippen molar-refractivity contribution < 1.29 is 0 Å².